The molecule has 0 radical (unpaired) electrons. The average Bonchev–Trinajstić information content (AvgIpc) is 2.81. The van der Waals surface area contributed by atoms with Crippen LogP contribution in [0.15, 0.2) is 18.3 Å². The molecule has 2 rings (SSSR count). The Morgan fingerprint density at radius 3 is 2.88 bits per heavy atom. The predicted octanol–water partition coefficient (Wildman–Crippen LogP) is 2.19. The van der Waals surface area contributed by atoms with Crippen molar-refractivity contribution in [3.8, 4) is 5.88 Å². The summed E-state index contributed by atoms with van der Waals surface area (Å²) in [6, 6.07) is 3.25. The Morgan fingerprint density at radius 2 is 2.19 bits per heavy atom. The average molecular weight is 221 g/mol. The van der Waals surface area contributed by atoms with E-state index in [4.69, 9.17) is 4.74 Å². The Morgan fingerprint density at radius 1 is 1.44 bits per heavy atom. The number of methoxy groups -OCH3 is 1. The first-order chi connectivity index (χ1) is 7.79. The highest BCUT2D eigenvalue weighted by Gasteiger charge is 2.17. The molecule has 1 fully saturated rings. The van der Waals surface area contributed by atoms with Gasteiger partial charge in [0.1, 0.15) is 6.10 Å². The van der Waals surface area contributed by atoms with E-state index < -0.39 is 0 Å². The Labute approximate surface area is 94.6 Å². The van der Waals surface area contributed by atoms with Crippen LogP contribution in [0.4, 0.5) is 0 Å². The lowest BCUT2D eigenvalue weighted by molar-refractivity contribution is 0.0599. The molecule has 4 heteroatoms. The molecular formula is C12H15NO3. The molecule has 86 valence electrons. The van der Waals surface area contributed by atoms with Gasteiger partial charge in [-0.3, -0.25) is 0 Å². The molecule has 4 nitrogen and oxygen atoms in total. The lowest BCUT2D eigenvalue weighted by Crippen LogP contribution is -2.12. The van der Waals surface area contributed by atoms with Crippen LogP contribution in [0.3, 0.4) is 0 Å². The second kappa shape index (κ2) is 4.96. The fourth-order valence-electron chi connectivity index (χ4n) is 1.90. The summed E-state index contributed by atoms with van der Waals surface area (Å²) in [6.45, 7) is 0. The molecule has 0 N–H and O–H groups in total. The van der Waals surface area contributed by atoms with Crippen LogP contribution in [0.5, 0.6) is 5.88 Å². The zero-order chi connectivity index (χ0) is 11.4. The maximum absolute atomic E-state index is 11.3. The van der Waals surface area contributed by atoms with Gasteiger partial charge in [-0.15, -0.1) is 0 Å². The summed E-state index contributed by atoms with van der Waals surface area (Å²) in [7, 11) is 1.36. The molecule has 1 aromatic rings. The minimum atomic E-state index is -0.362. The molecule has 0 unspecified atom stereocenters. The smallest absolute Gasteiger partial charge is 0.338 e. The minimum absolute atomic E-state index is 0.250. The van der Waals surface area contributed by atoms with Crippen LogP contribution in [-0.4, -0.2) is 24.2 Å². The minimum Gasteiger partial charge on any atom is -0.474 e. The topological polar surface area (TPSA) is 48.4 Å². The third-order valence-corrected chi connectivity index (χ3v) is 2.75. The molecule has 0 spiro atoms. The second-order valence-electron chi connectivity index (χ2n) is 3.90. The van der Waals surface area contributed by atoms with Crippen LogP contribution in [0.2, 0.25) is 0 Å². The largest absolute Gasteiger partial charge is 0.474 e. The van der Waals surface area contributed by atoms with E-state index in [2.05, 4.69) is 9.72 Å². The number of nitrogens with zero attached hydrogens (tertiary/aromatic N) is 1. The van der Waals surface area contributed by atoms with E-state index in [1.807, 2.05) is 0 Å². The quantitative estimate of drug-likeness (QED) is 0.734. The first-order valence-corrected chi connectivity index (χ1v) is 5.50. The van der Waals surface area contributed by atoms with E-state index in [0.717, 1.165) is 12.8 Å². The number of hydrogen-bond acceptors (Lipinski definition) is 4. The molecule has 0 aromatic carbocycles. The standard InChI is InChI=1S/C12H15NO3/c1-15-12(14)9-6-7-13-11(8-9)16-10-4-2-3-5-10/h6-8,10H,2-5H2,1H3. The summed E-state index contributed by atoms with van der Waals surface area (Å²) in [5.41, 5.74) is 0.477. The van der Waals surface area contributed by atoms with Crippen LogP contribution < -0.4 is 4.74 Å². The summed E-state index contributed by atoms with van der Waals surface area (Å²) in [5, 5.41) is 0. The number of rotatable bonds is 3. The van der Waals surface area contributed by atoms with E-state index >= 15 is 0 Å². The van der Waals surface area contributed by atoms with Crippen LogP contribution in [-0.2, 0) is 4.74 Å². The molecule has 1 heterocycles. The van der Waals surface area contributed by atoms with Crippen molar-refractivity contribution >= 4 is 5.97 Å². The Bertz CT molecular complexity index is 372. The summed E-state index contributed by atoms with van der Waals surface area (Å²) in [6.07, 6.45) is 6.38. The molecule has 0 saturated heterocycles. The van der Waals surface area contributed by atoms with Gasteiger partial charge >= 0.3 is 5.97 Å². The third kappa shape index (κ3) is 2.51. The van der Waals surface area contributed by atoms with Gasteiger partial charge in [-0.1, -0.05) is 0 Å². The number of aromatic nitrogens is 1. The normalized spacial score (nSPS) is 16.1. The molecule has 16 heavy (non-hydrogen) atoms. The lowest BCUT2D eigenvalue weighted by Gasteiger charge is -2.12. The Kier molecular flexibility index (Phi) is 3.39. The first-order valence-electron chi connectivity index (χ1n) is 5.50. The van der Waals surface area contributed by atoms with Crippen LogP contribution in [0, 0.1) is 0 Å². The maximum atomic E-state index is 11.3. The summed E-state index contributed by atoms with van der Waals surface area (Å²) >= 11 is 0. The van der Waals surface area contributed by atoms with Crippen molar-refractivity contribution in [1.82, 2.24) is 4.98 Å². The summed E-state index contributed by atoms with van der Waals surface area (Å²) in [4.78, 5) is 15.4. The van der Waals surface area contributed by atoms with Crippen molar-refractivity contribution in [2.45, 2.75) is 31.8 Å². The molecule has 0 atom stereocenters. The van der Waals surface area contributed by atoms with Gasteiger partial charge in [0.25, 0.3) is 0 Å². The van der Waals surface area contributed by atoms with E-state index in [1.165, 1.54) is 20.0 Å². The molecule has 0 amide bonds. The molecule has 0 bridgehead atoms. The zero-order valence-corrected chi connectivity index (χ0v) is 9.31. The summed E-state index contributed by atoms with van der Waals surface area (Å²) in [5.74, 6) is 0.147. The molecule has 1 aliphatic carbocycles. The van der Waals surface area contributed by atoms with Crippen molar-refractivity contribution in [2.24, 2.45) is 0 Å². The predicted molar refractivity (Wildman–Crippen MR) is 58.5 cm³/mol. The van der Waals surface area contributed by atoms with Gasteiger partial charge in [0.2, 0.25) is 5.88 Å². The SMILES string of the molecule is COC(=O)c1ccnc(OC2CCCC2)c1. The van der Waals surface area contributed by atoms with Crippen LogP contribution in [0.1, 0.15) is 36.0 Å². The molecule has 0 aliphatic heterocycles. The molecule has 1 aliphatic rings. The zero-order valence-electron chi connectivity index (χ0n) is 9.31. The van der Waals surface area contributed by atoms with E-state index in [9.17, 15) is 4.79 Å². The number of carbonyl (C=O) groups excluding carboxylic acids is 1. The molecule has 1 aromatic heterocycles. The highest BCUT2D eigenvalue weighted by Crippen LogP contribution is 2.23. The van der Waals surface area contributed by atoms with Crippen molar-refractivity contribution in [3.63, 3.8) is 0 Å². The van der Waals surface area contributed by atoms with Gasteiger partial charge in [-0.25, -0.2) is 9.78 Å². The second-order valence-corrected chi connectivity index (χ2v) is 3.90. The fraction of sp³-hybridized carbons (Fsp3) is 0.500. The molecular weight excluding hydrogens is 206 g/mol. The fourth-order valence-corrected chi connectivity index (χ4v) is 1.90. The summed E-state index contributed by atoms with van der Waals surface area (Å²) < 4.78 is 10.3. The van der Waals surface area contributed by atoms with E-state index in [-0.39, 0.29) is 12.1 Å². The van der Waals surface area contributed by atoms with Gasteiger partial charge in [0, 0.05) is 12.3 Å². The van der Waals surface area contributed by atoms with Crippen molar-refractivity contribution in [2.75, 3.05) is 7.11 Å². The number of esters is 1. The number of pyridine rings is 1. The first kappa shape index (κ1) is 10.9. The van der Waals surface area contributed by atoms with E-state index in [1.54, 1.807) is 18.3 Å². The van der Waals surface area contributed by atoms with Gasteiger partial charge in [0.15, 0.2) is 0 Å². The Balaban J connectivity index is 2.06. The highest BCUT2D eigenvalue weighted by molar-refractivity contribution is 5.89. The monoisotopic (exact) mass is 221 g/mol. The lowest BCUT2D eigenvalue weighted by atomic mass is 10.2. The highest BCUT2D eigenvalue weighted by atomic mass is 16.5. The number of carbonyl (C=O) groups is 1. The third-order valence-electron chi connectivity index (χ3n) is 2.75. The number of ether oxygens (including phenoxy) is 2. The van der Waals surface area contributed by atoms with Gasteiger partial charge in [0.05, 0.1) is 12.7 Å². The van der Waals surface area contributed by atoms with Gasteiger partial charge in [-0.05, 0) is 31.7 Å². The van der Waals surface area contributed by atoms with Gasteiger partial charge in [-0.2, -0.15) is 0 Å². The van der Waals surface area contributed by atoms with Crippen molar-refractivity contribution in [3.05, 3.63) is 23.9 Å². The van der Waals surface area contributed by atoms with Gasteiger partial charge < -0.3 is 9.47 Å². The van der Waals surface area contributed by atoms with Crippen LogP contribution in [0.25, 0.3) is 0 Å². The maximum Gasteiger partial charge on any atom is 0.338 e. The van der Waals surface area contributed by atoms with Crippen molar-refractivity contribution < 1.29 is 14.3 Å². The van der Waals surface area contributed by atoms with Crippen molar-refractivity contribution in [1.29, 1.82) is 0 Å². The molecule has 1 saturated carbocycles. The van der Waals surface area contributed by atoms with Crippen LogP contribution >= 0.6 is 0 Å². The number of hydrogen-bond donors (Lipinski definition) is 0. The Hall–Kier alpha value is -1.58. The van der Waals surface area contributed by atoms with E-state index in [0.29, 0.717) is 11.4 Å².